The lowest BCUT2D eigenvalue weighted by atomic mass is 9.68. The van der Waals surface area contributed by atoms with Crippen LogP contribution in [0.4, 0.5) is 4.79 Å². The van der Waals surface area contributed by atoms with E-state index >= 15 is 0 Å². The largest absolute Gasteiger partial charge is 0.443 e. The van der Waals surface area contributed by atoms with Crippen LogP contribution < -0.4 is 11.1 Å². The first-order valence-electron chi connectivity index (χ1n) is 10.8. The lowest BCUT2D eigenvalue weighted by molar-refractivity contribution is -0.121. The highest BCUT2D eigenvalue weighted by Crippen LogP contribution is 2.60. The van der Waals surface area contributed by atoms with Gasteiger partial charge in [-0.25, -0.2) is 4.79 Å². The summed E-state index contributed by atoms with van der Waals surface area (Å²) < 4.78 is 23.1. The van der Waals surface area contributed by atoms with Crippen LogP contribution in [-0.4, -0.2) is 71.0 Å². The van der Waals surface area contributed by atoms with E-state index in [0.29, 0.717) is 19.4 Å². The van der Waals surface area contributed by atoms with Gasteiger partial charge >= 0.3 is 6.09 Å². The molecule has 4 rings (SSSR count). The topological polar surface area (TPSA) is 139 Å². The number of amides is 2. The molecule has 1 saturated carbocycles. The summed E-state index contributed by atoms with van der Waals surface area (Å²) in [4.78, 5) is 23.9. The molecule has 4 N–H and O–H groups in total. The fraction of sp³-hybridized carbons (Fsp3) is 0.905. The Hall–Kier alpha value is -1.42. The number of epoxide rings is 3. The van der Waals surface area contributed by atoms with E-state index < -0.39 is 41.5 Å². The molecule has 9 nitrogen and oxygen atoms in total. The highest BCUT2D eigenvalue weighted by Gasteiger charge is 2.73. The Morgan fingerprint density at radius 3 is 2.37 bits per heavy atom. The van der Waals surface area contributed by atoms with Crippen LogP contribution in [-0.2, 0) is 23.7 Å². The van der Waals surface area contributed by atoms with Crippen molar-refractivity contribution in [1.82, 2.24) is 5.32 Å². The van der Waals surface area contributed by atoms with Crippen molar-refractivity contribution in [2.24, 2.45) is 17.6 Å². The fourth-order valence-corrected chi connectivity index (χ4v) is 5.20. The minimum absolute atomic E-state index is 0.0299. The highest BCUT2D eigenvalue weighted by molar-refractivity contribution is 5.84. The van der Waals surface area contributed by atoms with Crippen LogP contribution in [0.25, 0.3) is 0 Å². The minimum atomic E-state index is -0.929. The van der Waals surface area contributed by atoms with Crippen molar-refractivity contribution in [3.8, 4) is 0 Å². The van der Waals surface area contributed by atoms with Gasteiger partial charge in [-0.3, -0.25) is 4.79 Å². The molecule has 3 heterocycles. The van der Waals surface area contributed by atoms with Gasteiger partial charge in [0, 0.05) is 6.42 Å². The molecular formula is C21H34N2O7. The van der Waals surface area contributed by atoms with Crippen LogP contribution in [0, 0.1) is 11.8 Å². The number of hydrogen-bond donors (Lipinski definition) is 3. The molecule has 1 aliphatic carbocycles. The third kappa shape index (κ3) is 3.81. The van der Waals surface area contributed by atoms with E-state index in [2.05, 4.69) is 19.2 Å². The summed E-state index contributed by atoms with van der Waals surface area (Å²) >= 11 is 0. The van der Waals surface area contributed by atoms with Crippen LogP contribution in [0.1, 0.15) is 53.9 Å². The van der Waals surface area contributed by atoms with Crippen molar-refractivity contribution in [2.75, 3.05) is 6.61 Å². The summed E-state index contributed by atoms with van der Waals surface area (Å²) in [5.74, 6) is -1.10. The number of carbonyl (C=O) groups is 2. The average Bonchev–Trinajstić information content (AvgIpc) is 3.57. The van der Waals surface area contributed by atoms with E-state index in [1.165, 1.54) is 0 Å². The van der Waals surface area contributed by atoms with Crippen LogP contribution in [0.5, 0.6) is 0 Å². The van der Waals surface area contributed by atoms with E-state index in [-0.39, 0.29) is 29.6 Å². The molecule has 1 spiro atoms. The fourth-order valence-electron chi connectivity index (χ4n) is 5.20. The number of aliphatic hydroxyl groups is 1. The van der Waals surface area contributed by atoms with Gasteiger partial charge in [0.2, 0.25) is 5.91 Å². The van der Waals surface area contributed by atoms with Gasteiger partial charge in [-0.2, -0.15) is 0 Å². The van der Waals surface area contributed by atoms with Crippen molar-refractivity contribution in [2.45, 2.75) is 101 Å². The molecule has 2 amide bonds. The number of aliphatic hydroxyl groups excluding tert-OH is 1. The van der Waals surface area contributed by atoms with Gasteiger partial charge in [-0.1, -0.05) is 13.8 Å². The second kappa shape index (κ2) is 7.05. The molecule has 3 saturated heterocycles. The predicted octanol–water partition coefficient (Wildman–Crippen LogP) is 0.856. The average molecular weight is 427 g/mol. The first-order chi connectivity index (χ1) is 13.9. The Morgan fingerprint density at radius 2 is 1.87 bits per heavy atom. The van der Waals surface area contributed by atoms with Gasteiger partial charge < -0.3 is 35.1 Å². The molecule has 0 bridgehead atoms. The molecule has 30 heavy (non-hydrogen) atoms. The van der Waals surface area contributed by atoms with E-state index in [1.807, 2.05) is 6.92 Å². The van der Waals surface area contributed by atoms with Crippen LogP contribution in [0.15, 0.2) is 0 Å². The van der Waals surface area contributed by atoms with Crippen LogP contribution in [0.2, 0.25) is 0 Å². The van der Waals surface area contributed by atoms with Crippen LogP contribution in [0.3, 0.4) is 0 Å². The van der Waals surface area contributed by atoms with Gasteiger partial charge in [0.25, 0.3) is 0 Å². The number of primary amides is 1. The molecular weight excluding hydrogens is 392 g/mol. The molecule has 0 aromatic rings. The number of ether oxygens (including phenoxy) is 4. The third-order valence-corrected chi connectivity index (χ3v) is 7.35. The molecule has 170 valence electrons. The summed E-state index contributed by atoms with van der Waals surface area (Å²) in [6.07, 6.45) is -0.348. The molecule has 3 aliphatic heterocycles. The first kappa shape index (κ1) is 21.8. The molecule has 4 fully saturated rings. The number of hydrogen-bond acceptors (Lipinski definition) is 7. The number of rotatable bonds is 7. The molecule has 0 aromatic carbocycles. The summed E-state index contributed by atoms with van der Waals surface area (Å²) in [6, 6.07) is -0.831. The molecule has 4 aliphatic rings. The van der Waals surface area contributed by atoms with Crippen molar-refractivity contribution in [1.29, 1.82) is 0 Å². The Morgan fingerprint density at radius 1 is 1.23 bits per heavy atom. The zero-order valence-electron chi connectivity index (χ0n) is 18.3. The Balaban J connectivity index is 1.40. The van der Waals surface area contributed by atoms with Crippen molar-refractivity contribution in [3.05, 3.63) is 0 Å². The van der Waals surface area contributed by atoms with E-state index in [4.69, 9.17) is 24.7 Å². The number of nitrogens with one attached hydrogen (secondary N) is 1. The zero-order chi connectivity index (χ0) is 22.1. The van der Waals surface area contributed by atoms with Gasteiger partial charge in [0.05, 0.1) is 36.4 Å². The first-order valence-corrected chi connectivity index (χ1v) is 10.8. The molecule has 0 radical (unpaired) electrons. The van der Waals surface area contributed by atoms with E-state index in [0.717, 1.165) is 6.42 Å². The number of carbonyl (C=O) groups excluding carboxylic acids is 2. The van der Waals surface area contributed by atoms with Crippen molar-refractivity contribution < 1.29 is 33.6 Å². The van der Waals surface area contributed by atoms with Gasteiger partial charge in [0.1, 0.15) is 23.3 Å². The second-order valence-electron chi connectivity index (χ2n) is 10.3. The maximum Gasteiger partial charge on any atom is 0.408 e. The summed E-state index contributed by atoms with van der Waals surface area (Å²) in [5.41, 5.74) is 4.26. The quantitative estimate of drug-likeness (QED) is 0.513. The lowest BCUT2D eigenvalue weighted by Crippen LogP contribution is -2.56. The highest BCUT2D eigenvalue weighted by atomic mass is 16.6. The number of alkyl carbamates (subject to hydrolysis) is 1. The maximum absolute atomic E-state index is 12.4. The Labute approximate surface area is 176 Å². The van der Waals surface area contributed by atoms with E-state index in [1.54, 1.807) is 13.8 Å². The number of nitrogens with two attached hydrogens (primary N) is 1. The molecule has 8 atom stereocenters. The van der Waals surface area contributed by atoms with E-state index in [9.17, 15) is 14.7 Å². The summed E-state index contributed by atoms with van der Waals surface area (Å²) in [6.45, 7) is 10.2. The molecule has 1 unspecified atom stereocenters. The lowest BCUT2D eigenvalue weighted by Gasteiger charge is -2.41. The van der Waals surface area contributed by atoms with Crippen molar-refractivity contribution >= 4 is 12.0 Å². The monoisotopic (exact) mass is 426 g/mol. The minimum Gasteiger partial charge on any atom is -0.443 e. The summed E-state index contributed by atoms with van der Waals surface area (Å²) in [5, 5.41) is 13.7. The SMILES string of the molecule is CC(C)[C@@H](NC(=O)O[C@@H]1CC[C@]2(CO2)C([C@@]2(C)O[C@@H]2C[C@H]2OC2(C)C)[C@@H]1O)C(N)=O. The smallest absolute Gasteiger partial charge is 0.408 e. The van der Waals surface area contributed by atoms with Gasteiger partial charge in [-0.15, -0.1) is 0 Å². The molecule has 9 heteroatoms. The van der Waals surface area contributed by atoms with Gasteiger partial charge in [0.15, 0.2) is 0 Å². The predicted molar refractivity (Wildman–Crippen MR) is 105 cm³/mol. The third-order valence-electron chi connectivity index (χ3n) is 7.35. The van der Waals surface area contributed by atoms with Crippen LogP contribution >= 0.6 is 0 Å². The normalized spacial score (nSPS) is 44.4. The van der Waals surface area contributed by atoms with Gasteiger partial charge in [-0.05, 0) is 39.5 Å². The Bertz CT molecular complexity index is 722. The maximum atomic E-state index is 12.4. The zero-order valence-corrected chi connectivity index (χ0v) is 18.3. The second-order valence-corrected chi connectivity index (χ2v) is 10.3. The molecule has 0 aromatic heterocycles. The van der Waals surface area contributed by atoms with Crippen molar-refractivity contribution in [3.63, 3.8) is 0 Å². The standard InChI is InChI=1S/C21H34N2O7/c1-10(2)14(17(22)25)23-18(26)28-11-6-7-21(9-27-21)16(15(11)24)20(5)13(30-20)8-12-19(3,4)29-12/h10-16,24H,6-9H2,1-5H3,(H2,22,25)(H,23,26)/t11-,12-,13-,14-,15-,16?,20+,21+/m1/s1. The summed E-state index contributed by atoms with van der Waals surface area (Å²) in [7, 11) is 0. The Kier molecular flexibility index (Phi) is 5.12.